The van der Waals surface area contributed by atoms with Crippen LogP contribution in [0.15, 0.2) is 30.4 Å². The van der Waals surface area contributed by atoms with Gasteiger partial charge >= 0.3 is 0 Å². The predicted octanol–water partition coefficient (Wildman–Crippen LogP) is 2.72. The third-order valence-corrected chi connectivity index (χ3v) is 5.48. The first kappa shape index (κ1) is 13.3. The van der Waals surface area contributed by atoms with Crippen molar-refractivity contribution >= 4 is 5.82 Å². The van der Waals surface area contributed by atoms with Crippen molar-refractivity contribution in [2.75, 3.05) is 37.6 Å². The van der Waals surface area contributed by atoms with Crippen molar-refractivity contribution in [2.24, 2.45) is 17.8 Å². The zero-order valence-corrected chi connectivity index (χ0v) is 12.9. The summed E-state index contributed by atoms with van der Waals surface area (Å²) in [6.07, 6.45) is 7.78. The molecule has 3 heteroatoms. The van der Waals surface area contributed by atoms with Gasteiger partial charge in [-0.15, -0.1) is 0 Å². The van der Waals surface area contributed by atoms with E-state index in [-0.39, 0.29) is 0 Å². The standard InChI is InChI=1S/C18H25N3/c1-14-3-2-4-18(19-14)21-9-7-20(8-10-21)13-17-12-15-5-6-16(17)11-15/h2-6,15-17H,7-13H2,1H3. The Morgan fingerprint density at radius 2 is 1.95 bits per heavy atom. The van der Waals surface area contributed by atoms with Crippen LogP contribution in [0.2, 0.25) is 0 Å². The fourth-order valence-corrected chi connectivity index (χ4v) is 4.30. The molecule has 2 fully saturated rings. The first-order valence-corrected chi connectivity index (χ1v) is 8.37. The summed E-state index contributed by atoms with van der Waals surface area (Å²) in [7, 11) is 0. The van der Waals surface area contributed by atoms with E-state index >= 15 is 0 Å². The Balaban J connectivity index is 1.32. The van der Waals surface area contributed by atoms with E-state index in [1.807, 2.05) is 0 Å². The zero-order chi connectivity index (χ0) is 14.2. The number of hydrogen-bond donors (Lipinski definition) is 0. The highest BCUT2D eigenvalue weighted by Crippen LogP contribution is 2.43. The van der Waals surface area contributed by atoms with Gasteiger partial charge in [0.1, 0.15) is 5.82 Å². The predicted molar refractivity (Wildman–Crippen MR) is 86.5 cm³/mol. The summed E-state index contributed by atoms with van der Waals surface area (Å²) in [5.41, 5.74) is 1.11. The van der Waals surface area contributed by atoms with Crippen molar-refractivity contribution in [3.05, 3.63) is 36.0 Å². The van der Waals surface area contributed by atoms with Gasteiger partial charge in [-0.3, -0.25) is 4.90 Å². The number of aryl methyl sites for hydroxylation is 1. The zero-order valence-electron chi connectivity index (χ0n) is 12.9. The van der Waals surface area contributed by atoms with Gasteiger partial charge in [-0.25, -0.2) is 4.98 Å². The lowest BCUT2D eigenvalue weighted by atomic mass is 9.93. The number of nitrogens with zero attached hydrogens (tertiary/aromatic N) is 3. The molecule has 2 bridgehead atoms. The van der Waals surface area contributed by atoms with Crippen LogP contribution in [0.1, 0.15) is 18.5 Å². The minimum atomic E-state index is 0.881. The second-order valence-corrected chi connectivity index (χ2v) is 6.97. The first-order chi connectivity index (χ1) is 10.3. The number of pyridine rings is 1. The quantitative estimate of drug-likeness (QED) is 0.795. The molecular weight excluding hydrogens is 258 g/mol. The minimum Gasteiger partial charge on any atom is -0.354 e. The van der Waals surface area contributed by atoms with Crippen molar-refractivity contribution in [1.82, 2.24) is 9.88 Å². The molecule has 1 aliphatic heterocycles. The molecule has 0 amide bonds. The van der Waals surface area contributed by atoms with Crippen LogP contribution in [0.4, 0.5) is 5.82 Å². The number of rotatable bonds is 3. The van der Waals surface area contributed by atoms with Crippen LogP contribution in [0.3, 0.4) is 0 Å². The topological polar surface area (TPSA) is 19.4 Å². The van der Waals surface area contributed by atoms with E-state index in [0.29, 0.717) is 0 Å². The molecule has 4 rings (SSSR count). The summed E-state index contributed by atoms with van der Waals surface area (Å²) in [5.74, 6) is 3.85. The highest BCUT2D eigenvalue weighted by Gasteiger charge is 2.36. The van der Waals surface area contributed by atoms with E-state index in [0.717, 1.165) is 42.4 Å². The largest absolute Gasteiger partial charge is 0.354 e. The van der Waals surface area contributed by atoms with Crippen molar-refractivity contribution in [2.45, 2.75) is 19.8 Å². The smallest absolute Gasteiger partial charge is 0.128 e. The molecule has 3 nitrogen and oxygen atoms in total. The molecule has 112 valence electrons. The molecule has 3 aliphatic rings. The van der Waals surface area contributed by atoms with Gasteiger partial charge in [-0.2, -0.15) is 0 Å². The highest BCUT2D eigenvalue weighted by molar-refractivity contribution is 5.39. The Bertz CT molecular complexity index is 531. The SMILES string of the molecule is Cc1cccc(N2CCN(CC3CC4C=CC3C4)CC2)n1. The number of fused-ring (bicyclic) bond motifs is 2. The van der Waals surface area contributed by atoms with Crippen LogP contribution in [0, 0.1) is 24.7 Å². The number of hydrogen-bond acceptors (Lipinski definition) is 3. The van der Waals surface area contributed by atoms with Crippen LogP contribution < -0.4 is 4.90 Å². The van der Waals surface area contributed by atoms with Crippen LogP contribution in [0.5, 0.6) is 0 Å². The molecule has 2 aliphatic carbocycles. The Hall–Kier alpha value is -1.35. The molecule has 3 atom stereocenters. The molecule has 0 N–H and O–H groups in total. The van der Waals surface area contributed by atoms with Gasteiger partial charge in [0.05, 0.1) is 0 Å². The van der Waals surface area contributed by atoms with E-state index in [1.165, 1.54) is 32.5 Å². The van der Waals surface area contributed by atoms with E-state index in [1.54, 1.807) is 0 Å². The Morgan fingerprint density at radius 1 is 1.10 bits per heavy atom. The van der Waals surface area contributed by atoms with Crippen LogP contribution in [-0.2, 0) is 0 Å². The molecule has 0 spiro atoms. The lowest BCUT2D eigenvalue weighted by molar-refractivity contribution is 0.204. The van der Waals surface area contributed by atoms with Gasteiger partial charge in [0.15, 0.2) is 0 Å². The Kier molecular flexibility index (Phi) is 3.46. The second-order valence-electron chi connectivity index (χ2n) is 6.97. The highest BCUT2D eigenvalue weighted by atomic mass is 15.3. The lowest BCUT2D eigenvalue weighted by Crippen LogP contribution is -2.48. The molecular formula is C18H25N3. The van der Waals surface area contributed by atoms with Gasteiger partial charge in [0.25, 0.3) is 0 Å². The monoisotopic (exact) mass is 283 g/mol. The summed E-state index contributed by atoms with van der Waals surface area (Å²) in [6, 6.07) is 6.33. The molecule has 2 heterocycles. The molecule has 1 saturated carbocycles. The number of aromatic nitrogens is 1. The maximum atomic E-state index is 4.65. The molecule has 1 aromatic heterocycles. The van der Waals surface area contributed by atoms with Crippen molar-refractivity contribution < 1.29 is 0 Å². The summed E-state index contributed by atoms with van der Waals surface area (Å²) < 4.78 is 0. The van der Waals surface area contributed by atoms with E-state index in [4.69, 9.17) is 0 Å². The van der Waals surface area contributed by atoms with E-state index in [9.17, 15) is 0 Å². The van der Waals surface area contributed by atoms with Crippen LogP contribution in [-0.4, -0.2) is 42.6 Å². The molecule has 1 saturated heterocycles. The summed E-state index contributed by atoms with van der Waals surface area (Å²) >= 11 is 0. The van der Waals surface area contributed by atoms with Crippen molar-refractivity contribution in [3.63, 3.8) is 0 Å². The van der Waals surface area contributed by atoms with Gasteiger partial charge < -0.3 is 4.90 Å². The van der Waals surface area contributed by atoms with Crippen molar-refractivity contribution in [1.29, 1.82) is 0 Å². The number of piperazine rings is 1. The fraction of sp³-hybridized carbons (Fsp3) is 0.611. The lowest BCUT2D eigenvalue weighted by Gasteiger charge is -2.37. The van der Waals surface area contributed by atoms with Crippen LogP contribution >= 0.6 is 0 Å². The van der Waals surface area contributed by atoms with E-state index in [2.05, 4.69) is 52.1 Å². The Labute approximate surface area is 127 Å². The number of allylic oxidation sites excluding steroid dienone is 2. The van der Waals surface area contributed by atoms with Gasteiger partial charge in [0.2, 0.25) is 0 Å². The normalized spacial score (nSPS) is 32.0. The fourth-order valence-electron chi connectivity index (χ4n) is 4.30. The number of anilines is 1. The maximum Gasteiger partial charge on any atom is 0.128 e. The first-order valence-electron chi connectivity index (χ1n) is 8.37. The molecule has 21 heavy (non-hydrogen) atoms. The summed E-state index contributed by atoms with van der Waals surface area (Å²) in [5, 5.41) is 0. The summed E-state index contributed by atoms with van der Waals surface area (Å²) in [6.45, 7) is 7.99. The average molecular weight is 283 g/mol. The van der Waals surface area contributed by atoms with Crippen LogP contribution in [0.25, 0.3) is 0 Å². The Morgan fingerprint density at radius 3 is 2.62 bits per heavy atom. The van der Waals surface area contributed by atoms with Gasteiger partial charge in [-0.05, 0) is 49.7 Å². The van der Waals surface area contributed by atoms with Gasteiger partial charge in [-0.1, -0.05) is 18.2 Å². The molecule has 0 aromatic carbocycles. The van der Waals surface area contributed by atoms with Crippen molar-refractivity contribution in [3.8, 4) is 0 Å². The summed E-state index contributed by atoms with van der Waals surface area (Å²) in [4.78, 5) is 9.76. The maximum absolute atomic E-state index is 4.65. The van der Waals surface area contributed by atoms with Gasteiger partial charge in [0, 0.05) is 38.4 Å². The van der Waals surface area contributed by atoms with E-state index < -0.39 is 0 Å². The minimum absolute atomic E-state index is 0.881. The molecule has 1 aromatic rings. The third-order valence-electron chi connectivity index (χ3n) is 5.48. The molecule has 3 unspecified atom stereocenters. The second kappa shape index (κ2) is 5.45. The average Bonchev–Trinajstić information content (AvgIpc) is 3.11. The third kappa shape index (κ3) is 2.71. The molecule has 0 radical (unpaired) electrons.